The van der Waals surface area contributed by atoms with Crippen LogP contribution in [-0.4, -0.2) is 64.1 Å². The van der Waals surface area contributed by atoms with E-state index in [4.69, 9.17) is 9.47 Å². The molecule has 0 aliphatic carbocycles. The van der Waals surface area contributed by atoms with Crippen molar-refractivity contribution in [2.75, 3.05) is 6.54 Å². The molecule has 0 unspecified atom stereocenters. The van der Waals surface area contributed by atoms with Gasteiger partial charge < -0.3 is 20.1 Å². The van der Waals surface area contributed by atoms with E-state index in [0.717, 1.165) is 16.5 Å². The van der Waals surface area contributed by atoms with Crippen molar-refractivity contribution in [2.24, 2.45) is 5.92 Å². The number of hydrazine groups is 1. The molecule has 0 saturated carbocycles. The lowest BCUT2D eigenvalue weighted by molar-refractivity contribution is -0.157. The fraction of sp³-hybridized carbons (Fsp3) is 0.567. The van der Waals surface area contributed by atoms with Crippen LogP contribution in [0.5, 0.6) is 0 Å². The third-order valence-corrected chi connectivity index (χ3v) is 6.67. The summed E-state index contributed by atoms with van der Waals surface area (Å²) in [6, 6.07) is 7.26. The van der Waals surface area contributed by atoms with E-state index in [1.54, 1.807) is 48.5 Å². The zero-order valence-electron chi connectivity index (χ0n) is 25.2. The number of esters is 1. The minimum atomic E-state index is -0.907. The topological polar surface area (TPSA) is 139 Å². The predicted molar refractivity (Wildman–Crippen MR) is 154 cm³/mol. The number of nitrogens with one attached hydrogen (secondary N) is 3. The first kappa shape index (κ1) is 31.8. The van der Waals surface area contributed by atoms with Crippen LogP contribution in [0.1, 0.15) is 78.7 Å². The number of hydrogen-bond acceptors (Lipinski definition) is 8. The number of carbonyl (C=O) groups excluding carboxylic acids is 4. The number of rotatable bonds is 8. The van der Waals surface area contributed by atoms with Crippen LogP contribution in [0.15, 0.2) is 30.3 Å². The van der Waals surface area contributed by atoms with Gasteiger partial charge in [0.2, 0.25) is 5.91 Å². The molecule has 0 bridgehead atoms. The van der Waals surface area contributed by atoms with Crippen molar-refractivity contribution in [3.05, 3.63) is 41.6 Å². The van der Waals surface area contributed by atoms with Crippen molar-refractivity contribution in [1.82, 2.24) is 26.1 Å². The maximum absolute atomic E-state index is 13.2. The summed E-state index contributed by atoms with van der Waals surface area (Å²) in [4.78, 5) is 56.0. The molecule has 0 radical (unpaired) electrons. The number of pyridine rings is 1. The van der Waals surface area contributed by atoms with Gasteiger partial charge >= 0.3 is 12.1 Å². The summed E-state index contributed by atoms with van der Waals surface area (Å²) < 4.78 is 11.0. The molecular weight excluding hydrogens is 526 g/mol. The first-order chi connectivity index (χ1) is 19.1. The molecule has 3 rings (SSSR count). The molecule has 2 heterocycles. The summed E-state index contributed by atoms with van der Waals surface area (Å²) in [6.45, 7) is 14.4. The van der Waals surface area contributed by atoms with E-state index in [1.165, 1.54) is 5.01 Å². The Kier molecular flexibility index (Phi) is 10.3. The molecule has 1 fully saturated rings. The number of hydrogen-bond donors (Lipinski definition) is 3. The SMILES string of the molecule is Cc1ccc2ccc([C@@H](C)OC(=O)[C@@H]3CCCN(C(=O)[C@H](C)NC(=O)[C@@H](NC(=O)OC(C)(C)C)C(C)C)N3)nc2c1. The van der Waals surface area contributed by atoms with Crippen LogP contribution in [0.25, 0.3) is 10.9 Å². The van der Waals surface area contributed by atoms with Crippen molar-refractivity contribution < 1.29 is 28.7 Å². The van der Waals surface area contributed by atoms with Crippen molar-refractivity contribution >= 4 is 34.8 Å². The molecule has 2 aromatic rings. The Labute approximate surface area is 241 Å². The standard InChI is InChI=1S/C30H43N5O6/c1-17(2)25(33-29(39)41-30(6,7)8)26(36)31-19(4)27(37)35-15-9-10-23(34-35)28(38)40-20(5)22-14-13-21-12-11-18(3)16-24(21)32-22/h11-14,16-17,19-20,23,25,34H,9-10,15H2,1-8H3,(H,31,36)(H,33,39)/t19-,20+,23-,25-/m0/s1. The average molecular weight is 570 g/mol. The fourth-order valence-electron chi connectivity index (χ4n) is 4.47. The van der Waals surface area contributed by atoms with Gasteiger partial charge in [0.15, 0.2) is 0 Å². The minimum absolute atomic E-state index is 0.250. The fourth-order valence-corrected chi connectivity index (χ4v) is 4.47. The lowest BCUT2D eigenvalue weighted by atomic mass is 10.0. The van der Waals surface area contributed by atoms with E-state index in [-0.39, 0.29) is 5.92 Å². The molecule has 3 N–H and O–H groups in total. The molecule has 1 aliphatic heterocycles. The van der Waals surface area contributed by atoms with Gasteiger partial charge in [-0.25, -0.2) is 15.2 Å². The molecule has 11 nitrogen and oxygen atoms in total. The highest BCUT2D eigenvalue weighted by atomic mass is 16.6. The van der Waals surface area contributed by atoms with E-state index >= 15 is 0 Å². The summed E-state index contributed by atoms with van der Waals surface area (Å²) in [5.41, 5.74) is 4.80. The quantitative estimate of drug-likeness (QED) is 0.409. The van der Waals surface area contributed by atoms with Gasteiger partial charge in [-0.1, -0.05) is 32.0 Å². The van der Waals surface area contributed by atoms with Crippen LogP contribution in [-0.2, 0) is 23.9 Å². The number of carbonyl (C=O) groups is 4. The van der Waals surface area contributed by atoms with Crippen LogP contribution in [0.2, 0.25) is 0 Å². The predicted octanol–water partition coefficient (Wildman–Crippen LogP) is 3.70. The molecule has 1 aromatic carbocycles. The smallest absolute Gasteiger partial charge is 0.408 e. The van der Waals surface area contributed by atoms with Crippen LogP contribution < -0.4 is 16.1 Å². The molecule has 1 aliphatic rings. The molecule has 4 atom stereocenters. The third kappa shape index (κ3) is 8.88. The van der Waals surface area contributed by atoms with E-state index in [0.29, 0.717) is 25.1 Å². The largest absolute Gasteiger partial charge is 0.455 e. The zero-order chi connectivity index (χ0) is 30.5. The number of amides is 3. The summed E-state index contributed by atoms with van der Waals surface area (Å²) in [5, 5.41) is 7.60. The van der Waals surface area contributed by atoms with E-state index < -0.39 is 53.7 Å². The van der Waals surface area contributed by atoms with Gasteiger partial charge in [0, 0.05) is 11.9 Å². The van der Waals surface area contributed by atoms with Gasteiger partial charge in [-0.15, -0.1) is 0 Å². The second kappa shape index (κ2) is 13.3. The van der Waals surface area contributed by atoms with E-state index in [1.807, 2.05) is 37.3 Å². The van der Waals surface area contributed by atoms with Gasteiger partial charge in [0.05, 0.1) is 11.2 Å². The Hall–Kier alpha value is -3.73. The molecule has 41 heavy (non-hydrogen) atoms. The van der Waals surface area contributed by atoms with Gasteiger partial charge in [-0.2, -0.15) is 0 Å². The maximum Gasteiger partial charge on any atom is 0.408 e. The van der Waals surface area contributed by atoms with Crippen LogP contribution in [0, 0.1) is 12.8 Å². The Bertz CT molecular complexity index is 1270. The normalized spacial score (nSPS) is 17.9. The van der Waals surface area contributed by atoms with Crippen molar-refractivity contribution in [3.8, 4) is 0 Å². The summed E-state index contributed by atoms with van der Waals surface area (Å²) in [6.07, 6.45) is -0.220. The number of ether oxygens (including phenoxy) is 2. The van der Waals surface area contributed by atoms with Crippen LogP contribution >= 0.6 is 0 Å². The average Bonchev–Trinajstić information content (AvgIpc) is 2.89. The molecular formula is C30H43N5O6. The lowest BCUT2D eigenvalue weighted by Gasteiger charge is -2.35. The van der Waals surface area contributed by atoms with E-state index in [9.17, 15) is 19.2 Å². The Morgan fingerprint density at radius 3 is 2.39 bits per heavy atom. The molecule has 1 aromatic heterocycles. The Morgan fingerprint density at radius 1 is 1.05 bits per heavy atom. The molecule has 1 saturated heterocycles. The zero-order valence-corrected chi connectivity index (χ0v) is 25.2. The number of benzene rings is 1. The Morgan fingerprint density at radius 2 is 1.73 bits per heavy atom. The molecule has 11 heteroatoms. The Balaban J connectivity index is 1.57. The number of fused-ring (bicyclic) bond motifs is 1. The van der Waals surface area contributed by atoms with Crippen molar-refractivity contribution in [2.45, 2.75) is 98.1 Å². The van der Waals surface area contributed by atoms with Gasteiger partial charge in [-0.3, -0.25) is 19.4 Å². The van der Waals surface area contributed by atoms with Gasteiger partial charge in [0.25, 0.3) is 5.91 Å². The van der Waals surface area contributed by atoms with Crippen molar-refractivity contribution in [3.63, 3.8) is 0 Å². The first-order valence-electron chi connectivity index (χ1n) is 14.1. The van der Waals surface area contributed by atoms with Gasteiger partial charge in [0.1, 0.15) is 29.8 Å². The monoisotopic (exact) mass is 569 g/mol. The third-order valence-electron chi connectivity index (χ3n) is 6.67. The maximum atomic E-state index is 13.2. The summed E-state index contributed by atoms with van der Waals surface area (Å²) in [5.74, 6) is -1.65. The highest BCUT2D eigenvalue weighted by Gasteiger charge is 2.34. The van der Waals surface area contributed by atoms with Gasteiger partial charge in [-0.05, 0) is 78.0 Å². The number of aryl methyl sites for hydroxylation is 1. The molecule has 0 spiro atoms. The van der Waals surface area contributed by atoms with E-state index in [2.05, 4.69) is 21.0 Å². The highest BCUT2D eigenvalue weighted by Crippen LogP contribution is 2.22. The second-order valence-electron chi connectivity index (χ2n) is 11.9. The second-order valence-corrected chi connectivity index (χ2v) is 11.9. The lowest BCUT2D eigenvalue weighted by Crippen LogP contribution is -2.61. The summed E-state index contributed by atoms with van der Waals surface area (Å²) in [7, 11) is 0. The summed E-state index contributed by atoms with van der Waals surface area (Å²) >= 11 is 0. The van der Waals surface area contributed by atoms with Crippen molar-refractivity contribution in [1.29, 1.82) is 0 Å². The minimum Gasteiger partial charge on any atom is -0.455 e. The van der Waals surface area contributed by atoms with Crippen LogP contribution in [0.3, 0.4) is 0 Å². The highest BCUT2D eigenvalue weighted by molar-refractivity contribution is 5.91. The number of nitrogens with zero attached hydrogens (tertiary/aromatic N) is 2. The number of alkyl carbamates (subject to hydrolysis) is 1. The van der Waals surface area contributed by atoms with Crippen LogP contribution in [0.4, 0.5) is 4.79 Å². The first-order valence-corrected chi connectivity index (χ1v) is 14.1. The molecule has 3 amide bonds. The molecule has 224 valence electrons. The number of aromatic nitrogens is 1.